The largest absolute Gasteiger partial charge is 0.495 e. The van der Waals surface area contributed by atoms with Gasteiger partial charge in [-0.25, -0.2) is 0 Å². The molecule has 1 aliphatic rings. The van der Waals surface area contributed by atoms with E-state index in [1.807, 2.05) is 17.8 Å². The van der Waals surface area contributed by atoms with Crippen molar-refractivity contribution in [1.29, 1.82) is 0 Å². The molecule has 2 rings (SSSR count). The molecule has 1 aliphatic carbocycles. The maximum Gasteiger partial charge on any atom is 0.137 e. The average molecular weight is 423 g/mol. The highest BCUT2D eigenvalue weighted by atomic mass is 79.9. The van der Waals surface area contributed by atoms with Crippen LogP contribution in [0.3, 0.4) is 0 Å². The second kappa shape index (κ2) is 8.06. The van der Waals surface area contributed by atoms with Crippen molar-refractivity contribution >= 4 is 43.6 Å². The van der Waals surface area contributed by atoms with Crippen LogP contribution in [0.1, 0.15) is 31.2 Å². The fourth-order valence-electron chi connectivity index (χ4n) is 2.73. The molecule has 5 heteroatoms. The van der Waals surface area contributed by atoms with Gasteiger partial charge in [0.1, 0.15) is 5.75 Å². The minimum absolute atomic E-state index is 0.640. The van der Waals surface area contributed by atoms with Gasteiger partial charge in [0, 0.05) is 27.9 Å². The molecule has 0 saturated heterocycles. The van der Waals surface area contributed by atoms with E-state index in [-0.39, 0.29) is 0 Å². The summed E-state index contributed by atoms with van der Waals surface area (Å²) < 4.78 is 7.57. The van der Waals surface area contributed by atoms with Gasteiger partial charge in [0.15, 0.2) is 0 Å². The van der Waals surface area contributed by atoms with Gasteiger partial charge in [-0.15, -0.1) is 0 Å². The van der Waals surface area contributed by atoms with E-state index >= 15 is 0 Å². The summed E-state index contributed by atoms with van der Waals surface area (Å²) in [5, 5.41) is 4.54. The van der Waals surface area contributed by atoms with Gasteiger partial charge in [-0.1, -0.05) is 15.9 Å². The molecule has 0 spiro atoms. The van der Waals surface area contributed by atoms with Crippen molar-refractivity contribution < 1.29 is 4.74 Å². The van der Waals surface area contributed by atoms with Crippen LogP contribution in [0.5, 0.6) is 5.75 Å². The number of hydrogen-bond acceptors (Lipinski definition) is 3. The third-order valence-electron chi connectivity index (χ3n) is 3.88. The molecule has 2 nitrogen and oxygen atoms in total. The van der Waals surface area contributed by atoms with Crippen LogP contribution >= 0.6 is 43.6 Å². The van der Waals surface area contributed by atoms with E-state index < -0.39 is 0 Å². The van der Waals surface area contributed by atoms with Crippen molar-refractivity contribution in [1.82, 2.24) is 5.32 Å². The predicted molar refractivity (Wildman–Crippen MR) is 94.8 cm³/mol. The summed E-state index contributed by atoms with van der Waals surface area (Å²) in [5.41, 5.74) is 1.20. The first-order chi connectivity index (χ1) is 9.63. The third-order valence-corrected chi connectivity index (χ3v) is 6.06. The Hall–Kier alpha value is 0.290. The monoisotopic (exact) mass is 421 g/mol. The molecule has 0 aliphatic heterocycles. The molecular formula is C15H21Br2NOS. The van der Waals surface area contributed by atoms with E-state index in [0.717, 1.165) is 26.5 Å². The van der Waals surface area contributed by atoms with E-state index in [0.29, 0.717) is 6.04 Å². The molecule has 1 aromatic carbocycles. The Morgan fingerprint density at radius 2 is 1.95 bits per heavy atom. The zero-order valence-electron chi connectivity index (χ0n) is 11.9. The molecule has 0 heterocycles. The Kier molecular flexibility index (Phi) is 6.72. The molecule has 1 N–H and O–H groups in total. The molecule has 0 amide bonds. The Balaban J connectivity index is 1.94. The first-order valence-corrected chi connectivity index (χ1v) is 9.79. The molecule has 0 radical (unpaired) electrons. The Labute approximate surface area is 142 Å². The maximum atomic E-state index is 5.49. The smallest absolute Gasteiger partial charge is 0.137 e. The number of ether oxygens (including phenoxy) is 1. The highest BCUT2D eigenvalue weighted by molar-refractivity contribution is 9.11. The minimum Gasteiger partial charge on any atom is -0.495 e. The van der Waals surface area contributed by atoms with Crippen LogP contribution in [0.25, 0.3) is 0 Å². The van der Waals surface area contributed by atoms with Gasteiger partial charge in [-0.3, -0.25) is 0 Å². The summed E-state index contributed by atoms with van der Waals surface area (Å²) in [7, 11) is 1.72. The fraction of sp³-hybridized carbons (Fsp3) is 0.600. The van der Waals surface area contributed by atoms with Gasteiger partial charge in [-0.2, -0.15) is 11.8 Å². The van der Waals surface area contributed by atoms with Crippen LogP contribution in [0.2, 0.25) is 0 Å². The second-order valence-electron chi connectivity index (χ2n) is 5.17. The fourth-order valence-corrected chi connectivity index (χ4v) is 4.95. The number of methoxy groups -OCH3 is 1. The highest BCUT2D eigenvalue weighted by Crippen LogP contribution is 2.33. The second-order valence-corrected chi connectivity index (χ2v) is 8.08. The van der Waals surface area contributed by atoms with Crippen LogP contribution in [0, 0.1) is 0 Å². The van der Waals surface area contributed by atoms with E-state index in [1.165, 1.54) is 31.2 Å². The zero-order chi connectivity index (χ0) is 14.5. The Morgan fingerprint density at radius 3 is 2.55 bits per heavy atom. The molecular weight excluding hydrogens is 402 g/mol. The SMILES string of the molecule is COc1c(Br)cc(Br)cc1CNC1CCC(SC)CC1. The average Bonchev–Trinajstić information content (AvgIpc) is 2.45. The normalized spacial score (nSPS) is 22.8. The Bertz CT molecular complexity index is 448. The lowest BCUT2D eigenvalue weighted by Crippen LogP contribution is -2.33. The molecule has 0 bridgehead atoms. The molecule has 0 aromatic heterocycles. The van der Waals surface area contributed by atoms with Crippen molar-refractivity contribution in [3.63, 3.8) is 0 Å². The van der Waals surface area contributed by atoms with Crippen LogP contribution in [0.4, 0.5) is 0 Å². The maximum absolute atomic E-state index is 5.49. The number of benzene rings is 1. The summed E-state index contributed by atoms with van der Waals surface area (Å²) >= 11 is 9.11. The molecule has 1 aromatic rings. The van der Waals surface area contributed by atoms with Crippen molar-refractivity contribution in [2.45, 2.75) is 43.5 Å². The molecule has 1 saturated carbocycles. The molecule has 0 atom stereocenters. The van der Waals surface area contributed by atoms with Gasteiger partial charge < -0.3 is 10.1 Å². The lowest BCUT2D eigenvalue weighted by atomic mass is 9.95. The first-order valence-electron chi connectivity index (χ1n) is 6.92. The summed E-state index contributed by atoms with van der Waals surface area (Å²) in [6, 6.07) is 4.79. The van der Waals surface area contributed by atoms with Crippen molar-refractivity contribution in [3.05, 3.63) is 26.6 Å². The van der Waals surface area contributed by atoms with Crippen molar-refractivity contribution in [2.24, 2.45) is 0 Å². The quantitative estimate of drug-likeness (QED) is 0.722. The molecule has 112 valence electrons. The number of rotatable bonds is 5. The van der Waals surface area contributed by atoms with Gasteiger partial charge in [-0.05, 0) is 60.0 Å². The molecule has 20 heavy (non-hydrogen) atoms. The van der Waals surface area contributed by atoms with Crippen molar-refractivity contribution in [3.8, 4) is 5.75 Å². The van der Waals surface area contributed by atoms with Crippen LogP contribution in [0.15, 0.2) is 21.1 Å². The first kappa shape index (κ1) is 16.7. The van der Waals surface area contributed by atoms with Crippen LogP contribution in [-0.4, -0.2) is 24.7 Å². The summed E-state index contributed by atoms with van der Waals surface area (Å²) in [6.45, 7) is 0.857. The van der Waals surface area contributed by atoms with E-state index in [2.05, 4.69) is 49.5 Å². The summed E-state index contributed by atoms with van der Waals surface area (Å²) in [5.74, 6) is 0.929. The third kappa shape index (κ3) is 4.39. The Morgan fingerprint density at radius 1 is 1.25 bits per heavy atom. The topological polar surface area (TPSA) is 21.3 Å². The number of halogens is 2. The predicted octanol–water partition coefficient (Wildman–Crippen LogP) is 4.98. The van der Waals surface area contributed by atoms with Crippen LogP contribution in [-0.2, 0) is 6.54 Å². The number of thioether (sulfide) groups is 1. The van der Waals surface area contributed by atoms with E-state index in [9.17, 15) is 0 Å². The van der Waals surface area contributed by atoms with Crippen LogP contribution < -0.4 is 10.1 Å². The zero-order valence-corrected chi connectivity index (χ0v) is 15.9. The number of nitrogens with one attached hydrogen (secondary N) is 1. The van der Waals surface area contributed by atoms with E-state index in [4.69, 9.17) is 4.74 Å². The lowest BCUT2D eigenvalue weighted by Gasteiger charge is -2.28. The number of hydrogen-bond donors (Lipinski definition) is 1. The van der Waals surface area contributed by atoms with Gasteiger partial charge in [0.2, 0.25) is 0 Å². The molecule has 1 fully saturated rings. The van der Waals surface area contributed by atoms with Crippen molar-refractivity contribution in [2.75, 3.05) is 13.4 Å². The molecule has 0 unspecified atom stereocenters. The summed E-state index contributed by atoms with van der Waals surface area (Å²) in [6.07, 6.45) is 7.45. The minimum atomic E-state index is 0.640. The highest BCUT2D eigenvalue weighted by Gasteiger charge is 2.20. The lowest BCUT2D eigenvalue weighted by molar-refractivity contribution is 0.370. The van der Waals surface area contributed by atoms with E-state index in [1.54, 1.807) is 7.11 Å². The van der Waals surface area contributed by atoms with Gasteiger partial charge in [0.05, 0.1) is 11.6 Å². The van der Waals surface area contributed by atoms with Gasteiger partial charge in [0.25, 0.3) is 0 Å². The van der Waals surface area contributed by atoms with Gasteiger partial charge >= 0.3 is 0 Å². The summed E-state index contributed by atoms with van der Waals surface area (Å²) in [4.78, 5) is 0. The standard InChI is InChI=1S/C15H21Br2NOS/c1-19-15-10(7-11(16)8-14(15)17)9-18-12-3-5-13(20-2)6-4-12/h7-8,12-13,18H,3-6,9H2,1-2H3.